The lowest BCUT2D eigenvalue weighted by molar-refractivity contribution is 0.365. The third-order valence-corrected chi connectivity index (χ3v) is 3.69. The van der Waals surface area contributed by atoms with Crippen LogP contribution in [0.4, 0.5) is 8.78 Å². The van der Waals surface area contributed by atoms with Crippen LogP contribution in [0.1, 0.15) is 24.4 Å². The van der Waals surface area contributed by atoms with E-state index in [2.05, 4.69) is 5.32 Å². The van der Waals surface area contributed by atoms with Gasteiger partial charge in [-0.15, -0.1) is 0 Å². The normalized spacial score (nSPS) is 18.5. The highest BCUT2D eigenvalue weighted by Gasteiger charge is 2.48. The van der Waals surface area contributed by atoms with Crippen LogP contribution in [0, 0.1) is 17.0 Å². The first-order valence-corrected chi connectivity index (χ1v) is 5.97. The van der Waals surface area contributed by atoms with Crippen LogP contribution in [0.2, 0.25) is 0 Å². The maximum absolute atomic E-state index is 13.9. The van der Waals surface area contributed by atoms with E-state index in [0.29, 0.717) is 6.54 Å². The first-order valence-electron chi connectivity index (χ1n) is 5.97. The monoisotopic (exact) mass is 256 g/mol. The average molecular weight is 256 g/mol. The molecular weight excluding hydrogens is 238 g/mol. The van der Waals surface area contributed by atoms with E-state index in [1.165, 1.54) is 7.11 Å². The molecule has 1 unspecified atom stereocenters. The number of hydrogen-bond donors (Lipinski definition) is 2. The van der Waals surface area contributed by atoms with Gasteiger partial charge in [-0.3, -0.25) is 0 Å². The van der Waals surface area contributed by atoms with Crippen LogP contribution in [0.15, 0.2) is 12.1 Å². The van der Waals surface area contributed by atoms with Gasteiger partial charge in [0.15, 0.2) is 11.6 Å². The zero-order chi connectivity index (χ0) is 13.3. The van der Waals surface area contributed by atoms with Gasteiger partial charge in [-0.05, 0) is 26.0 Å². The quantitative estimate of drug-likeness (QED) is 0.846. The lowest BCUT2D eigenvalue weighted by Crippen LogP contribution is -2.32. The van der Waals surface area contributed by atoms with Gasteiger partial charge in [0, 0.05) is 29.6 Å². The third-order valence-electron chi connectivity index (χ3n) is 3.69. The first-order chi connectivity index (χ1) is 8.54. The van der Waals surface area contributed by atoms with Crippen LogP contribution in [-0.4, -0.2) is 20.7 Å². The standard InChI is InChI=1S/C13H18F2N2O/c1-17-7-13(3-4-13)12(16)8-5-10(15)11(18-2)6-9(8)14/h5-6,12,17H,3-4,7,16H2,1-2H3. The fourth-order valence-corrected chi connectivity index (χ4v) is 2.38. The van der Waals surface area contributed by atoms with Gasteiger partial charge < -0.3 is 15.8 Å². The van der Waals surface area contributed by atoms with Crippen molar-refractivity contribution in [2.24, 2.45) is 11.1 Å². The summed E-state index contributed by atoms with van der Waals surface area (Å²) in [5, 5.41) is 3.06. The van der Waals surface area contributed by atoms with Gasteiger partial charge in [0.05, 0.1) is 7.11 Å². The zero-order valence-electron chi connectivity index (χ0n) is 10.6. The largest absolute Gasteiger partial charge is 0.494 e. The van der Waals surface area contributed by atoms with E-state index in [0.717, 1.165) is 25.0 Å². The van der Waals surface area contributed by atoms with E-state index >= 15 is 0 Å². The topological polar surface area (TPSA) is 47.3 Å². The molecule has 0 bridgehead atoms. The molecule has 0 aromatic heterocycles. The molecule has 1 aliphatic rings. The summed E-state index contributed by atoms with van der Waals surface area (Å²) in [4.78, 5) is 0. The van der Waals surface area contributed by atoms with Crippen LogP contribution in [0.5, 0.6) is 5.75 Å². The molecule has 1 saturated carbocycles. The summed E-state index contributed by atoms with van der Waals surface area (Å²) < 4.78 is 32.3. The molecule has 0 aliphatic heterocycles. The Morgan fingerprint density at radius 1 is 1.39 bits per heavy atom. The minimum Gasteiger partial charge on any atom is -0.494 e. The molecule has 0 radical (unpaired) electrons. The molecule has 1 aromatic rings. The Morgan fingerprint density at radius 3 is 2.56 bits per heavy atom. The maximum atomic E-state index is 13.9. The van der Waals surface area contributed by atoms with Gasteiger partial charge in [0.1, 0.15) is 5.82 Å². The summed E-state index contributed by atoms with van der Waals surface area (Å²) in [6, 6.07) is 1.71. The predicted molar refractivity (Wildman–Crippen MR) is 65.4 cm³/mol. The van der Waals surface area contributed by atoms with Gasteiger partial charge in [-0.2, -0.15) is 0 Å². The molecule has 2 rings (SSSR count). The molecule has 0 saturated heterocycles. The smallest absolute Gasteiger partial charge is 0.165 e. The van der Waals surface area contributed by atoms with Crippen molar-refractivity contribution in [1.29, 1.82) is 0 Å². The molecule has 0 spiro atoms. The van der Waals surface area contributed by atoms with Gasteiger partial charge in [0.25, 0.3) is 0 Å². The van der Waals surface area contributed by atoms with Crippen LogP contribution in [0.25, 0.3) is 0 Å². The van der Waals surface area contributed by atoms with Crippen molar-refractivity contribution >= 4 is 0 Å². The van der Waals surface area contributed by atoms with E-state index in [1.807, 2.05) is 7.05 Å². The highest BCUT2D eigenvalue weighted by Crippen LogP contribution is 2.53. The van der Waals surface area contributed by atoms with Crippen LogP contribution in [0.3, 0.4) is 0 Å². The predicted octanol–water partition coefficient (Wildman–Crippen LogP) is 1.97. The lowest BCUT2D eigenvalue weighted by atomic mass is 9.90. The van der Waals surface area contributed by atoms with Gasteiger partial charge in [-0.1, -0.05) is 0 Å². The molecule has 0 heterocycles. The Hall–Kier alpha value is -1.20. The zero-order valence-corrected chi connectivity index (χ0v) is 10.6. The van der Waals surface area contributed by atoms with Crippen molar-refractivity contribution in [3.8, 4) is 5.75 Å². The van der Waals surface area contributed by atoms with E-state index in [4.69, 9.17) is 10.5 Å². The van der Waals surface area contributed by atoms with E-state index < -0.39 is 17.7 Å². The highest BCUT2D eigenvalue weighted by atomic mass is 19.1. The van der Waals surface area contributed by atoms with Crippen molar-refractivity contribution in [3.63, 3.8) is 0 Å². The highest BCUT2D eigenvalue weighted by molar-refractivity contribution is 5.34. The van der Waals surface area contributed by atoms with E-state index in [9.17, 15) is 8.78 Å². The maximum Gasteiger partial charge on any atom is 0.165 e. The number of benzene rings is 1. The second-order valence-electron chi connectivity index (χ2n) is 4.88. The van der Waals surface area contributed by atoms with Crippen LogP contribution < -0.4 is 15.8 Å². The number of nitrogens with one attached hydrogen (secondary N) is 1. The molecule has 3 nitrogen and oxygen atoms in total. The fraction of sp³-hybridized carbons (Fsp3) is 0.538. The number of hydrogen-bond acceptors (Lipinski definition) is 3. The number of ether oxygens (including phenoxy) is 1. The Labute approximate surface area is 105 Å². The lowest BCUT2D eigenvalue weighted by Gasteiger charge is -2.24. The van der Waals surface area contributed by atoms with Crippen molar-refractivity contribution in [1.82, 2.24) is 5.32 Å². The van der Waals surface area contributed by atoms with E-state index in [-0.39, 0.29) is 16.7 Å². The average Bonchev–Trinajstić information content (AvgIpc) is 3.12. The Morgan fingerprint density at radius 2 is 2.06 bits per heavy atom. The molecule has 1 fully saturated rings. The van der Waals surface area contributed by atoms with Gasteiger partial charge >= 0.3 is 0 Å². The van der Waals surface area contributed by atoms with Gasteiger partial charge in [-0.25, -0.2) is 8.78 Å². The van der Waals surface area contributed by atoms with Crippen LogP contribution in [-0.2, 0) is 0 Å². The van der Waals surface area contributed by atoms with E-state index in [1.54, 1.807) is 0 Å². The second-order valence-corrected chi connectivity index (χ2v) is 4.88. The second kappa shape index (κ2) is 4.82. The SMILES string of the molecule is CNCC1(C(N)c2cc(F)c(OC)cc2F)CC1. The molecule has 5 heteroatoms. The number of halogens is 2. The number of rotatable bonds is 5. The molecule has 1 atom stereocenters. The summed E-state index contributed by atoms with van der Waals surface area (Å²) in [6.45, 7) is 0.710. The van der Waals surface area contributed by atoms with Crippen molar-refractivity contribution < 1.29 is 13.5 Å². The minimum absolute atomic E-state index is 0.0955. The minimum atomic E-state index is -0.579. The number of methoxy groups -OCH3 is 1. The summed E-state index contributed by atoms with van der Waals surface area (Å²) in [5.74, 6) is -1.19. The Bertz CT molecular complexity index is 447. The Kier molecular flexibility index (Phi) is 3.54. The molecule has 3 N–H and O–H groups in total. The molecule has 1 aromatic carbocycles. The fourth-order valence-electron chi connectivity index (χ4n) is 2.38. The summed E-state index contributed by atoms with van der Waals surface area (Å²) in [7, 11) is 3.14. The van der Waals surface area contributed by atoms with Crippen molar-refractivity contribution in [2.45, 2.75) is 18.9 Å². The number of nitrogens with two attached hydrogens (primary N) is 1. The molecule has 1 aliphatic carbocycles. The molecule has 0 amide bonds. The summed E-state index contributed by atoms with van der Waals surface area (Å²) >= 11 is 0. The van der Waals surface area contributed by atoms with Crippen molar-refractivity contribution in [3.05, 3.63) is 29.3 Å². The van der Waals surface area contributed by atoms with Gasteiger partial charge in [0.2, 0.25) is 0 Å². The Balaban J connectivity index is 2.31. The molecule has 18 heavy (non-hydrogen) atoms. The summed E-state index contributed by atoms with van der Waals surface area (Å²) in [6.07, 6.45) is 1.87. The molecular formula is C13H18F2N2O. The third kappa shape index (κ3) is 2.20. The van der Waals surface area contributed by atoms with Crippen LogP contribution >= 0.6 is 0 Å². The summed E-state index contributed by atoms with van der Waals surface area (Å²) in [5.41, 5.74) is 6.18. The molecule has 100 valence electrons. The van der Waals surface area contributed by atoms with Crippen molar-refractivity contribution in [2.75, 3.05) is 20.7 Å². The first kappa shape index (κ1) is 13.2.